The lowest BCUT2D eigenvalue weighted by molar-refractivity contribution is -0.388. The monoisotopic (exact) mass is 249 g/mol. The summed E-state index contributed by atoms with van der Waals surface area (Å²) in [5, 5.41) is 19.7. The smallest absolute Gasteiger partial charge is 0.347 e. The van der Waals surface area contributed by atoms with Gasteiger partial charge in [-0.2, -0.15) is 4.39 Å². The van der Waals surface area contributed by atoms with E-state index >= 15 is 0 Å². The summed E-state index contributed by atoms with van der Waals surface area (Å²) in [6.07, 6.45) is 0. The molecule has 0 radical (unpaired) electrons. The summed E-state index contributed by atoms with van der Waals surface area (Å²) in [5.41, 5.74) is -3.48. The predicted molar refractivity (Wildman–Crippen MR) is 49.7 cm³/mol. The van der Waals surface area contributed by atoms with E-state index in [0.29, 0.717) is 0 Å². The summed E-state index contributed by atoms with van der Waals surface area (Å²) in [6.45, 7) is -0.821. The van der Waals surface area contributed by atoms with Crippen LogP contribution in [0.4, 0.5) is 18.9 Å². The van der Waals surface area contributed by atoms with Crippen LogP contribution in [-0.2, 0) is 0 Å². The van der Waals surface area contributed by atoms with E-state index in [1.807, 2.05) is 0 Å². The molecule has 0 spiro atoms. The second-order valence-corrected chi connectivity index (χ2v) is 3.14. The van der Waals surface area contributed by atoms with Crippen LogP contribution in [0.15, 0.2) is 0 Å². The Morgan fingerprint density at radius 3 is 2.35 bits per heavy atom. The maximum Gasteiger partial charge on any atom is 0.347 e. The average molecular weight is 249 g/mol. The Hall–Kier alpha value is -2.12. The van der Waals surface area contributed by atoms with Crippen molar-refractivity contribution in [2.75, 3.05) is 6.67 Å². The second-order valence-electron chi connectivity index (χ2n) is 3.14. The molecule has 0 atom stereocenters. The van der Waals surface area contributed by atoms with Crippen LogP contribution in [0.3, 0.4) is 0 Å². The zero-order valence-electron chi connectivity index (χ0n) is 8.46. The molecule has 5 nitrogen and oxygen atoms in total. The SMILES string of the molecule is Cc1c(F)c(C(=O)CF)c(O)c([N+](=O)[O-])c1F. The molecule has 8 heteroatoms. The van der Waals surface area contributed by atoms with Crippen LogP contribution >= 0.6 is 0 Å². The highest BCUT2D eigenvalue weighted by molar-refractivity contribution is 6.01. The molecule has 0 heterocycles. The van der Waals surface area contributed by atoms with E-state index in [1.54, 1.807) is 0 Å². The van der Waals surface area contributed by atoms with Crippen molar-refractivity contribution in [2.45, 2.75) is 6.92 Å². The summed E-state index contributed by atoms with van der Waals surface area (Å²) in [7, 11) is 0. The number of Topliss-reactive ketones (excluding diaryl/α,β-unsaturated/α-hetero) is 1. The van der Waals surface area contributed by atoms with Crippen molar-refractivity contribution >= 4 is 11.5 Å². The van der Waals surface area contributed by atoms with Gasteiger partial charge in [0.25, 0.3) is 0 Å². The first-order valence-electron chi connectivity index (χ1n) is 4.27. The van der Waals surface area contributed by atoms with Gasteiger partial charge in [0.15, 0.2) is 6.67 Å². The molecule has 0 aliphatic carbocycles. The van der Waals surface area contributed by atoms with Gasteiger partial charge < -0.3 is 5.11 Å². The number of benzene rings is 1. The molecule has 92 valence electrons. The fourth-order valence-electron chi connectivity index (χ4n) is 1.28. The van der Waals surface area contributed by atoms with E-state index in [4.69, 9.17) is 0 Å². The lowest BCUT2D eigenvalue weighted by Gasteiger charge is -2.07. The van der Waals surface area contributed by atoms with E-state index < -0.39 is 51.6 Å². The zero-order chi connectivity index (χ0) is 13.3. The predicted octanol–water partition coefficient (Wildman–Crippen LogP) is 2.04. The lowest BCUT2D eigenvalue weighted by Crippen LogP contribution is -2.10. The number of carbonyl (C=O) groups excluding carboxylic acids is 1. The fraction of sp³-hybridized carbons (Fsp3) is 0.222. The number of rotatable bonds is 3. The van der Waals surface area contributed by atoms with E-state index in [2.05, 4.69) is 0 Å². The Morgan fingerprint density at radius 2 is 1.94 bits per heavy atom. The minimum atomic E-state index is -1.66. The van der Waals surface area contributed by atoms with Gasteiger partial charge in [0.2, 0.25) is 17.3 Å². The summed E-state index contributed by atoms with van der Waals surface area (Å²) in [4.78, 5) is 20.1. The van der Waals surface area contributed by atoms with Crippen molar-refractivity contribution < 1.29 is 28.0 Å². The third-order valence-electron chi connectivity index (χ3n) is 2.13. The number of nitro groups is 1. The Labute approximate surface area is 92.6 Å². The number of hydrogen-bond acceptors (Lipinski definition) is 4. The highest BCUT2D eigenvalue weighted by Gasteiger charge is 2.32. The Bertz CT molecular complexity index is 516. The first kappa shape index (κ1) is 12.9. The maximum absolute atomic E-state index is 13.4. The fourth-order valence-corrected chi connectivity index (χ4v) is 1.28. The van der Waals surface area contributed by atoms with Crippen molar-refractivity contribution in [3.63, 3.8) is 0 Å². The molecule has 0 aliphatic rings. The Morgan fingerprint density at radius 1 is 1.41 bits per heavy atom. The normalized spacial score (nSPS) is 10.4. The standard InChI is InChI=1S/C9H6F3NO4/c1-3-6(11)5(4(14)2-10)9(15)8(7(3)12)13(16)17/h15H,2H2,1H3. The second kappa shape index (κ2) is 4.40. The third-order valence-corrected chi connectivity index (χ3v) is 2.13. The van der Waals surface area contributed by atoms with Crippen molar-refractivity contribution in [3.05, 3.63) is 32.9 Å². The summed E-state index contributed by atoms with van der Waals surface area (Å²) >= 11 is 0. The van der Waals surface area contributed by atoms with Crippen LogP contribution in [0.1, 0.15) is 15.9 Å². The van der Waals surface area contributed by atoms with E-state index in [-0.39, 0.29) is 0 Å². The molecule has 0 amide bonds. The molecule has 1 N–H and O–H groups in total. The maximum atomic E-state index is 13.4. The first-order valence-corrected chi connectivity index (χ1v) is 4.27. The molecule has 17 heavy (non-hydrogen) atoms. The number of nitro benzene ring substituents is 1. The number of phenols is 1. The number of carbonyl (C=O) groups is 1. The van der Waals surface area contributed by atoms with Crippen LogP contribution in [0.5, 0.6) is 5.75 Å². The van der Waals surface area contributed by atoms with Gasteiger partial charge in [0.1, 0.15) is 11.4 Å². The highest BCUT2D eigenvalue weighted by atomic mass is 19.1. The van der Waals surface area contributed by atoms with Crippen LogP contribution in [-0.4, -0.2) is 22.5 Å². The number of halogens is 3. The average Bonchev–Trinajstić information content (AvgIpc) is 2.25. The minimum absolute atomic E-state index is 0.827. The van der Waals surface area contributed by atoms with Gasteiger partial charge in [0.05, 0.1) is 4.92 Å². The first-order chi connectivity index (χ1) is 7.82. The molecule has 1 aromatic rings. The molecule has 1 rings (SSSR count). The number of nitrogens with zero attached hydrogens (tertiary/aromatic N) is 1. The van der Waals surface area contributed by atoms with Gasteiger partial charge in [0, 0.05) is 5.56 Å². The quantitative estimate of drug-likeness (QED) is 0.505. The molecule has 0 bridgehead atoms. The molecular formula is C9H6F3NO4. The molecule has 1 aromatic carbocycles. The number of ketones is 1. The van der Waals surface area contributed by atoms with Crippen LogP contribution in [0.25, 0.3) is 0 Å². The highest BCUT2D eigenvalue weighted by Crippen LogP contribution is 2.37. The lowest BCUT2D eigenvalue weighted by atomic mass is 10.0. The molecule has 0 saturated heterocycles. The molecule has 0 unspecified atom stereocenters. The summed E-state index contributed by atoms with van der Waals surface area (Å²) in [6, 6.07) is 0. The zero-order valence-corrected chi connectivity index (χ0v) is 8.46. The largest absolute Gasteiger partial charge is 0.501 e. The number of phenolic OH excluding ortho intramolecular Hbond substituents is 1. The third kappa shape index (κ3) is 1.93. The van der Waals surface area contributed by atoms with Gasteiger partial charge in [-0.3, -0.25) is 14.9 Å². The van der Waals surface area contributed by atoms with Gasteiger partial charge >= 0.3 is 5.69 Å². The molecule has 0 aliphatic heterocycles. The van der Waals surface area contributed by atoms with Gasteiger partial charge in [-0.15, -0.1) is 0 Å². The van der Waals surface area contributed by atoms with Gasteiger partial charge in [-0.05, 0) is 6.92 Å². The van der Waals surface area contributed by atoms with E-state index in [0.717, 1.165) is 6.92 Å². The molecular weight excluding hydrogens is 243 g/mol. The van der Waals surface area contributed by atoms with Gasteiger partial charge in [-0.1, -0.05) is 0 Å². The van der Waals surface area contributed by atoms with Crippen LogP contribution < -0.4 is 0 Å². The van der Waals surface area contributed by atoms with Gasteiger partial charge in [-0.25, -0.2) is 8.78 Å². The van der Waals surface area contributed by atoms with E-state index in [9.17, 15) is 33.2 Å². The summed E-state index contributed by atoms with van der Waals surface area (Å²) in [5.74, 6) is -6.10. The van der Waals surface area contributed by atoms with Crippen molar-refractivity contribution in [2.24, 2.45) is 0 Å². The topological polar surface area (TPSA) is 80.4 Å². The molecule has 0 aromatic heterocycles. The molecule has 0 saturated carbocycles. The van der Waals surface area contributed by atoms with Crippen molar-refractivity contribution in [3.8, 4) is 5.75 Å². The van der Waals surface area contributed by atoms with Crippen molar-refractivity contribution in [1.82, 2.24) is 0 Å². The Kier molecular flexibility index (Phi) is 3.35. The Balaban J connectivity index is 3.74. The van der Waals surface area contributed by atoms with Crippen LogP contribution in [0.2, 0.25) is 0 Å². The number of hydrogen-bond donors (Lipinski definition) is 1. The van der Waals surface area contributed by atoms with Crippen molar-refractivity contribution in [1.29, 1.82) is 0 Å². The van der Waals surface area contributed by atoms with Crippen LogP contribution in [0, 0.1) is 28.7 Å². The number of aromatic hydroxyl groups is 1. The van der Waals surface area contributed by atoms with E-state index in [1.165, 1.54) is 0 Å². The minimum Gasteiger partial charge on any atom is -0.501 e. The number of alkyl halides is 1. The summed E-state index contributed by atoms with van der Waals surface area (Å²) < 4.78 is 38.8. The molecule has 0 fully saturated rings.